The van der Waals surface area contributed by atoms with Gasteiger partial charge in [-0.3, -0.25) is 28.9 Å². The fourth-order valence-corrected chi connectivity index (χ4v) is 1.61. The number of likely N-dealkylation sites (tertiary alicyclic amines) is 1. The minimum absolute atomic E-state index is 0.521. The van der Waals surface area contributed by atoms with Crippen molar-refractivity contribution in [2.45, 2.75) is 26.1 Å². The molecule has 0 N–H and O–H groups in total. The Morgan fingerprint density at radius 2 is 1.40 bits per heavy atom. The van der Waals surface area contributed by atoms with Crippen molar-refractivity contribution >= 4 is 29.7 Å². The van der Waals surface area contributed by atoms with E-state index < -0.39 is 48.5 Å². The number of carbonyl (C=O) groups is 5. The van der Waals surface area contributed by atoms with Gasteiger partial charge in [-0.05, 0) is 0 Å². The molecule has 0 aromatic carbocycles. The van der Waals surface area contributed by atoms with Crippen LogP contribution in [-0.2, 0) is 38.2 Å². The second kappa shape index (κ2) is 6.13. The molecule has 1 fully saturated rings. The molecular formula is C11H13NO8. The van der Waals surface area contributed by atoms with Crippen molar-refractivity contribution in [3.05, 3.63) is 0 Å². The van der Waals surface area contributed by atoms with E-state index in [4.69, 9.17) is 0 Å². The molecule has 0 radical (unpaired) electrons. The summed E-state index contributed by atoms with van der Waals surface area (Å²) < 4.78 is 13.7. The van der Waals surface area contributed by atoms with Crippen molar-refractivity contribution < 1.29 is 38.2 Å². The van der Waals surface area contributed by atoms with Gasteiger partial charge in [0.15, 0.2) is 0 Å². The Labute approximate surface area is 113 Å². The van der Waals surface area contributed by atoms with Gasteiger partial charge in [0.2, 0.25) is 12.2 Å². The summed E-state index contributed by atoms with van der Waals surface area (Å²) in [6.45, 7) is 1.42. The fourth-order valence-electron chi connectivity index (χ4n) is 1.61. The number of imide groups is 1. The summed E-state index contributed by atoms with van der Waals surface area (Å²) in [7, 11) is 1.08. The van der Waals surface area contributed by atoms with Crippen molar-refractivity contribution in [3.8, 4) is 0 Å². The number of amides is 2. The van der Waals surface area contributed by atoms with E-state index in [0.717, 1.165) is 21.0 Å². The van der Waals surface area contributed by atoms with Crippen molar-refractivity contribution in [2.75, 3.05) is 13.7 Å². The summed E-state index contributed by atoms with van der Waals surface area (Å²) in [4.78, 5) is 57.4. The molecule has 2 atom stereocenters. The predicted octanol–water partition coefficient (Wildman–Crippen LogP) is -1.61. The molecule has 0 spiro atoms. The van der Waals surface area contributed by atoms with Gasteiger partial charge in [0, 0.05) is 13.8 Å². The molecule has 9 nitrogen and oxygen atoms in total. The van der Waals surface area contributed by atoms with E-state index in [1.165, 1.54) is 0 Å². The van der Waals surface area contributed by atoms with Crippen LogP contribution in [0.15, 0.2) is 0 Å². The standard InChI is InChI=1S/C11H13NO8/c1-5(13)19-8-9(20-6(2)14)11(17)12(10(8)16)4-7(15)18-3/h8-9H,4H2,1-3H3/t8-,9-/m1/s1. The molecule has 2 amide bonds. The minimum Gasteiger partial charge on any atom is -0.468 e. The van der Waals surface area contributed by atoms with Gasteiger partial charge >= 0.3 is 17.9 Å². The van der Waals surface area contributed by atoms with Crippen LogP contribution in [0.2, 0.25) is 0 Å². The number of nitrogens with zero attached hydrogens (tertiary/aromatic N) is 1. The largest absolute Gasteiger partial charge is 0.468 e. The molecule has 1 saturated heterocycles. The Kier molecular flexibility index (Phi) is 4.78. The van der Waals surface area contributed by atoms with Gasteiger partial charge in [-0.2, -0.15) is 0 Å². The van der Waals surface area contributed by atoms with Gasteiger partial charge in [-0.25, -0.2) is 0 Å². The maximum absolute atomic E-state index is 11.9. The van der Waals surface area contributed by atoms with Gasteiger partial charge in [0.05, 0.1) is 7.11 Å². The molecule has 110 valence electrons. The number of carbonyl (C=O) groups excluding carboxylic acids is 5. The molecular weight excluding hydrogens is 274 g/mol. The van der Waals surface area contributed by atoms with Gasteiger partial charge < -0.3 is 14.2 Å². The van der Waals surface area contributed by atoms with Crippen LogP contribution in [0.25, 0.3) is 0 Å². The SMILES string of the molecule is COC(=O)CN1C(=O)[C@H](OC(C)=O)[C@@H](OC(C)=O)C1=O. The Hall–Kier alpha value is -2.45. The highest BCUT2D eigenvalue weighted by Crippen LogP contribution is 2.20. The van der Waals surface area contributed by atoms with Gasteiger partial charge in [-0.1, -0.05) is 0 Å². The summed E-state index contributed by atoms with van der Waals surface area (Å²) in [5, 5.41) is 0. The van der Waals surface area contributed by atoms with Crippen molar-refractivity contribution in [1.29, 1.82) is 0 Å². The summed E-state index contributed by atoms with van der Waals surface area (Å²) >= 11 is 0. The first-order valence-electron chi connectivity index (χ1n) is 5.54. The monoisotopic (exact) mass is 287 g/mol. The number of hydrogen-bond donors (Lipinski definition) is 0. The second-order valence-corrected chi connectivity index (χ2v) is 3.90. The zero-order chi connectivity index (χ0) is 15.4. The average molecular weight is 287 g/mol. The first-order valence-corrected chi connectivity index (χ1v) is 5.54. The quantitative estimate of drug-likeness (QED) is 0.344. The molecule has 0 aromatic heterocycles. The third kappa shape index (κ3) is 3.31. The lowest BCUT2D eigenvalue weighted by Crippen LogP contribution is -2.37. The van der Waals surface area contributed by atoms with Crippen LogP contribution in [0.5, 0.6) is 0 Å². The number of hydrogen-bond acceptors (Lipinski definition) is 8. The van der Waals surface area contributed by atoms with E-state index in [0.29, 0.717) is 4.90 Å². The molecule has 1 aliphatic rings. The highest BCUT2D eigenvalue weighted by atomic mass is 16.6. The summed E-state index contributed by atoms with van der Waals surface area (Å²) in [5.41, 5.74) is 0. The normalized spacial score (nSPS) is 21.6. The van der Waals surface area contributed by atoms with Crippen molar-refractivity contribution in [1.82, 2.24) is 4.90 Å². The van der Waals surface area contributed by atoms with Crippen LogP contribution in [0, 0.1) is 0 Å². The summed E-state index contributed by atoms with van der Waals surface area (Å²) in [6, 6.07) is 0. The van der Waals surface area contributed by atoms with Gasteiger partial charge in [0.1, 0.15) is 6.54 Å². The first-order chi connectivity index (χ1) is 9.27. The van der Waals surface area contributed by atoms with Crippen LogP contribution in [0.1, 0.15) is 13.8 Å². The Morgan fingerprint density at radius 1 is 1.00 bits per heavy atom. The lowest BCUT2D eigenvalue weighted by molar-refractivity contribution is -0.167. The predicted molar refractivity (Wildman–Crippen MR) is 59.8 cm³/mol. The first kappa shape index (κ1) is 15.6. The number of methoxy groups -OCH3 is 1. The van der Waals surface area contributed by atoms with E-state index in [1.54, 1.807) is 0 Å². The topological polar surface area (TPSA) is 116 Å². The third-order valence-electron chi connectivity index (χ3n) is 2.39. The molecule has 1 aliphatic heterocycles. The van der Waals surface area contributed by atoms with E-state index in [9.17, 15) is 24.0 Å². The molecule has 1 heterocycles. The van der Waals surface area contributed by atoms with E-state index in [2.05, 4.69) is 14.2 Å². The lowest BCUT2D eigenvalue weighted by atomic mass is 10.2. The minimum atomic E-state index is -1.59. The lowest BCUT2D eigenvalue weighted by Gasteiger charge is -2.14. The molecule has 0 unspecified atom stereocenters. The molecule has 0 bridgehead atoms. The fraction of sp³-hybridized carbons (Fsp3) is 0.545. The highest BCUT2D eigenvalue weighted by molar-refractivity contribution is 6.10. The Morgan fingerprint density at radius 3 is 1.70 bits per heavy atom. The number of ether oxygens (including phenoxy) is 3. The molecule has 0 aliphatic carbocycles. The molecule has 20 heavy (non-hydrogen) atoms. The van der Waals surface area contributed by atoms with E-state index in [-0.39, 0.29) is 0 Å². The van der Waals surface area contributed by atoms with Crippen molar-refractivity contribution in [2.24, 2.45) is 0 Å². The van der Waals surface area contributed by atoms with Crippen molar-refractivity contribution in [3.63, 3.8) is 0 Å². The van der Waals surface area contributed by atoms with E-state index >= 15 is 0 Å². The average Bonchev–Trinajstić information content (AvgIpc) is 2.55. The van der Waals surface area contributed by atoms with Crippen LogP contribution in [0.4, 0.5) is 0 Å². The maximum Gasteiger partial charge on any atom is 0.325 e. The van der Waals surface area contributed by atoms with Gasteiger partial charge in [-0.15, -0.1) is 0 Å². The van der Waals surface area contributed by atoms with Crippen LogP contribution >= 0.6 is 0 Å². The number of rotatable bonds is 4. The molecule has 0 saturated carbocycles. The molecule has 0 aromatic rings. The highest BCUT2D eigenvalue weighted by Gasteiger charge is 2.52. The number of esters is 3. The molecule has 9 heteroatoms. The zero-order valence-corrected chi connectivity index (χ0v) is 11.1. The van der Waals surface area contributed by atoms with Gasteiger partial charge in [0.25, 0.3) is 11.8 Å². The summed E-state index contributed by atoms with van der Waals surface area (Å²) in [6.07, 6.45) is -3.18. The maximum atomic E-state index is 11.9. The second-order valence-electron chi connectivity index (χ2n) is 3.90. The van der Waals surface area contributed by atoms with Crippen LogP contribution in [-0.4, -0.2) is 60.5 Å². The van der Waals surface area contributed by atoms with E-state index in [1.807, 2.05) is 0 Å². The third-order valence-corrected chi connectivity index (χ3v) is 2.39. The molecule has 1 rings (SSSR count). The Balaban J connectivity index is 2.98. The smallest absolute Gasteiger partial charge is 0.325 e. The zero-order valence-electron chi connectivity index (χ0n) is 11.1. The van der Waals surface area contributed by atoms with Crippen LogP contribution in [0.3, 0.4) is 0 Å². The van der Waals surface area contributed by atoms with Crippen LogP contribution < -0.4 is 0 Å². The Bertz CT molecular complexity index is 437. The summed E-state index contributed by atoms with van der Waals surface area (Å²) in [5.74, 6) is -4.37.